The molecule has 2 aromatic carbocycles. The average Bonchev–Trinajstić information content (AvgIpc) is 2.30. The Morgan fingerprint density at radius 2 is 1.82 bits per heavy atom. The summed E-state index contributed by atoms with van der Waals surface area (Å²) in [7, 11) is 0. The van der Waals surface area contributed by atoms with Gasteiger partial charge in [-0.1, -0.05) is 47.5 Å². The number of ether oxygens (including phenoxy) is 1. The molecule has 88 valence electrons. The average molecular weight is 267 g/mol. The van der Waals surface area contributed by atoms with Crippen LogP contribution in [0.1, 0.15) is 11.1 Å². The number of para-hydroxylation sites is 1. The van der Waals surface area contributed by atoms with Gasteiger partial charge in [0.05, 0.1) is 0 Å². The molecule has 3 heteroatoms. The number of aryl methyl sites for hydroxylation is 1. The topological polar surface area (TPSA) is 9.23 Å². The van der Waals surface area contributed by atoms with Crippen molar-refractivity contribution in [3.63, 3.8) is 0 Å². The van der Waals surface area contributed by atoms with E-state index in [1.54, 1.807) is 6.07 Å². The fourth-order valence-corrected chi connectivity index (χ4v) is 1.98. The van der Waals surface area contributed by atoms with Crippen LogP contribution in [0, 0.1) is 6.92 Å². The molecule has 0 spiro atoms. The van der Waals surface area contributed by atoms with Crippen molar-refractivity contribution in [3.05, 3.63) is 63.6 Å². The van der Waals surface area contributed by atoms with Crippen molar-refractivity contribution >= 4 is 23.2 Å². The maximum atomic E-state index is 6.07. The monoisotopic (exact) mass is 266 g/mol. The Bertz CT molecular complexity index is 523. The van der Waals surface area contributed by atoms with Crippen molar-refractivity contribution < 1.29 is 4.74 Å². The van der Waals surface area contributed by atoms with Crippen LogP contribution >= 0.6 is 23.2 Å². The molecule has 0 radical (unpaired) electrons. The number of halogens is 2. The smallest absolute Gasteiger partial charge is 0.122 e. The molecule has 0 aromatic heterocycles. The highest BCUT2D eigenvalue weighted by molar-refractivity contribution is 6.35. The molecule has 0 atom stereocenters. The molecular formula is C14H12Cl2O. The lowest BCUT2D eigenvalue weighted by molar-refractivity contribution is 0.304. The Morgan fingerprint density at radius 1 is 1.06 bits per heavy atom. The van der Waals surface area contributed by atoms with E-state index in [9.17, 15) is 0 Å². The van der Waals surface area contributed by atoms with Crippen molar-refractivity contribution in [3.8, 4) is 5.75 Å². The minimum atomic E-state index is 0.445. The molecule has 0 fully saturated rings. The lowest BCUT2D eigenvalue weighted by Gasteiger charge is -2.10. The highest BCUT2D eigenvalue weighted by atomic mass is 35.5. The van der Waals surface area contributed by atoms with E-state index in [4.69, 9.17) is 27.9 Å². The Kier molecular flexibility index (Phi) is 3.93. The quantitative estimate of drug-likeness (QED) is 0.770. The van der Waals surface area contributed by atoms with Crippen LogP contribution in [0.5, 0.6) is 5.75 Å². The number of benzene rings is 2. The van der Waals surface area contributed by atoms with Gasteiger partial charge in [-0.15, -0.1) is 0 Å². The predicted octanol–water partition coefficient (Wildman–Crippen LogP) is 4.88. The standard InChI is InChI=1S/C14H12Cl2O/c1-10-4-2-3-5-14(10)17-9-11-6-7-12(15)8-13(11)16/h2-8H,9H2,1H3. The molecule has 0 saturated heterocycles. The molecule has 0 aliphatic heterocycles. The summed E-state index contributed by atoms with van der Waals surface area (Å²) in [5.74, 6) is 0.874. The maximum absolute atomic E-state index is 6.07. The minimum absolute atomic E-state index is 0.445. The number of rotatable bonds is 3. The first-order chi connectivity index (χ1) is 8.16. The van der Waals surface area contributed by atoms with Crippen molar-refractivity contribution in [1.82, 2.24) is 0 Å². The normalized spacial score (nSPS) is 10.3. The van der Waals surface area contributed by atoms with Gasteiger partial charge in [0.2, 0.25) is 0 Å². The van der Waals surface area contributed by atoms with Crippen molar-refractivity contribution in [2.45, 2.75) is 13.5 Å². The summed E-state index contributed by atoms with van der Waals surface area (Å²) in [6, 6.07) is 13.3. The van der Waals surface area contributed by atoms with Crippen LogP contribution < -0.4 is 4.74 Å². The fraction of sp³-hybridized carbons (Fsp3) is 0.143. The highest BCUT2D eigenvalue weighted by Gasteiger charge is 2.03. The van der Waals surface area contributed by atoms with Gasteiger partial charge in [0.15, 0.2) is 0 Å². The molecule has 2 aromatic rings. The second-order valence-electron chi connectivity index (χ2n) is 3.79. The van der Waals surface area contributed by atoms with Crippen molar-refractivity contribution in [2.24, 2.45) is 0 Å². The second-order valence-corrected chi connectivity index (χ2v) is 4.63. The van der Waals surface area contributed by atoms with Crippen LogP contribution in [0.4, 0.5) is 0 Å². The van der Waals surface area contributed by atoms with Gasteiger partial charge < -0.3 is 4.74 Å². The van der Waals surface area contributed by atoms with Crippen molar-refractivity contribution in [1.29, 1.82) is 0 Å². The van der Waals surface area contributed by atoms with Gasteiger partial charge in [-0.2, -0.15) is 0 Å². The zero-order chi connectivity index (χ0) is 12.3. The summed E-state index contributed by atoms with van der Waals surface area (Å²) < 4.78 is 5.72. The van der Waals surface area contributed by atoms with E-state index in [1.807, 2.05) is 43.3 Å². The van der Waals surface area contributed by atoms with E-state index in [0.29, 0.717) is 16.7 Å². The summed E-state index contributed by atoms with van der Waals surface area (Å²) in [5.41, 5.74) is 2.04. The summed E-state index contributed by atoms with van der Waals surface area (Å²) in [5, 5.41) is 1.26. The SMILES string of the molecule is Cc1ccccc1OCc1ccc(Cl)cc1Cl. The van der Waals surface area contributed by atoms with E-state index in [1.165, 1.54) is 0 Å². The molecule has 0 unspecified atom stereocenters. The van der Waals surface area contributed by atoms with Crippen LogP contribution in [0.25, 0.3) is 0 Å². The minimum Gasteiger partial charge on any atom is -0.489 e. The fourth-order valence-electron chi connectivity index (χ4n) is 1.51. The summed E-state index contributed by atoms with van der Waals surface area (Å²) in [6.45, 7) is 2.46. The van der Waals surface area contributed by atoms with E-state index in [0.717, 1.165) is 16.9 Å². The van der Waals surface area contributed by atoms with Gasteiger partial charge >= 0.3 is 0 Å². The molecule has 1 nitrogen and oxygen atoms in total. The lowest BCUT2D eigenvalue weighted by atomic mass is 10.2. The summed E-state index contributed by atoms with van der Waals surface area (Å²) >= 11 is 11.9. The molecule has 0 heterocycles. The zero-order valence-electron chi connectivity index (χ0n) is 9.41. The molecule has 0 bridgehead atoms. The Labute approximate surface area is 111 Å². The molecular weight excluding hydrogens is 255 g/mol. The Morgan fingerprint density at radius 3 is 2.53 bits per heavy atom. The largest absolute Gasteiger partial charge is 0.489 e. The third-order valence-electron chi connectivity index (χ3n) is 2.49. The summed E-state index contributed by atoms with van der Waals surface area (Å²) in [6.07, 6.45) is 0. The first-order valence-corrected chi connectivity index (χ1v) is 6.05. The Hall–Kier alpha value is -1.18. The van der Waals surface area contributed by atoms with Crippen LogP contribution in [-0.2, 0) is 6.61 Å². The third-order valence-corrected chi connectivity index (χ3v) is 3.08. The Balaban J connectivity index is 2.10. The predicted molar refractivity (Wildman–Crippen MR) is 72.0 cm³/mol. The zero-order valence-corrected chi connectivity index (χ0v) is 10.9. The van der Waals surface area contributed by atoms with Gasteiger partial charge in [-0.3, -0.25) is 0 Å². The van der Waals surface area contributed by atoms with Crippen LogP contribution in [0.2, 0.25) is 10.0 Å². The van der Waals surface area contributed by atoms with Gasteiger partial charge in [0.1, 0.15) is 12.4 Å². The van der Waals surface area contributed by atoms with Crippen LogP contribution in [0.3, 0.4) is 0 Å². The maximum Gasteiger partial charge on any atom is 0.122 e. The van der Waals surface area contributed by atoms with Gasteiger partial charge in [0.25, 0.3) is 0 Å². The first kappa shape index (κ1) is 12.3. The van der Waals surface area contributed by atoms with Gasteiger partial charge in [-0.25, -0.2) is 0 Å². The highest BCUT2D eigenvalue weighted by Crippen LogP contribution is 2.23. The van der Waals surface area contributed by atoms with Gasteiger partial charge in [-0.05, 0) is 30.7 Å². The van der Waals surface area contributed by atoms with Crippen LogP contribution in [-0.4, -0.2) is 0 Å². The molecule has 0 saturated carbocycles. The van der Waals surface area contributed by atoms with Gasteiger partial charge in [0, 0.05) is 15.6 Å². The summed E-state index contributed by atoms with van der Waals surface area (Å²) in [4.78, 5) is 0. The van der Waals surface area contributed by atoms with E-state index in [-0.39, 0.29) is 0 Å². The van der Waals surface area contributed by atoms with E-state index >= 15 is 0 Å². The molecule has 0 aliphatic rings. The molecule has 0 aliphatic carbocycles. The van der Waals surface area contributed by atoms with Crippen molar-refractivity contribution in [2.75, 3.05) is 0 Å². The first-order valence-electron chi connectivity index (χ1n) is 5.29. The second kappa shape index (κ2) is 5.44. The third kappa shape index (κ3) is 3.15. The lowest BCUT2D eigenvalue weighted by Crippen LogP contribution is -1.97. The molecule has 17 heavy (non-hydrogen) atoms. The van der Waals surface area contributed by atoms with E-state index < -0.39 is 0 Å². The number of hydrogen-bond acceptors (Lipinski definition) is 1. The molecule has 2 rings (SSSR count). The van der Waals surface area contributed by atoms with E-state index in [2.05, 4.69) is 0 Å². The number of hydrogen-bond donors (Lipinski definition) is 0. The van der Waals surface area contributed by atoms with Crippen LogP contribution in [0.15, 0.2) is 42.5 Å². The molecule has 0 amide bonds. The molecule has 0 N–H and O–H groups in total.